The summed E-state index contributed by atoms with van der Waals surface area (Å²) in [6.07, 6.45) is 4.77. The van der Waals surface area contributed by atoms with Crippen LogP contribution in [0.25, 0.3) is 0 Å². The van der Waals surface area contributed by atoms with Crippen molar-refractivity contribution in [2.45, 2.75) is 6.54 Å². The molecular formula is C9H9ClN4O2. The molecule has 1 aromatic rings. The van der Waals surface area contributed by atoms with Crippen LogP contribution in [0.15, 0.2) is 30.7 Å². The first-order valence-electron chi connectivity index (χ1n) is 4.59. The van der Waals surface area contributed by atoms with Crippen molar-refractivity contribution in [3.8, 4) is 0 Å². The summed E-state index contributed by atoms with van der Waals surface area (Å²) >= 11 is 5.66. The summed E-state index contributed by atoms with van der Waals surface area (Å²) in [4.78, 5) is 16.2. The predicted octanol–water partition coefficient (Wildman–Crippen LogP) is 1.47. The van der Waals surface area contributed by atoms with Crippen LogP contribution in [-0.4, -0.2) is 26.6 Å². The van der Waals surface area contributed by atoms with Gasteiger partial charge in [0.2, 0.25) is 0 Å². The van der Waals surface area contributed by atoms with Gasteiger partial charge in [-0.1, -0.05) is 22.7 Å². The molecule has 1 aliphatic heterocycles. The van der Waals surface area contributed by atoms with E-state index in [9.17, 15) is 10.1 Å². The Morgan fingerprint density at radius 3 is 2.88 bits per heavy atom. The highest BCUT2D eigenvalue weighted by Gasteiger charge is 2.20. The van der Waals surface area contributed by atoms with E-state index >= 15 is 0 Å². The van der Waals surface area contributed by atoms with Gasteiger partial charge in [0.15, 0.2) is 11.7 Å². The molecule has 16 heavy (non-hydrogen) atoms. The van der Waals surface area contributed by atoms with Crippen LogP contribution in [-0.2, 0) is 6.54 Å². The molecule has 0 atom stereocenters. The van der Waals surface area contributed by atoms with E-state index in [0.717, 1.165) is 10.6 Å². The first kappa shape index (κ1) is 10.7. The van der Waals surface area contributed by atoms with Crippen LogP contribution in [0.3, 0.4) is 0 Å². The van der Waals surface area contributed by atoms with E-state index in [0.29, 0.717) is 11.7 Å². The van der Waals surface area contributed by atoms with Crippen LogP contribution < -0.4 is 0 Å². The Hall–Kier alpha value is -1.82. The van der Waals surface area contributed by atoms with E-state index in [1.165, 1.54) is 6.20 Å². The van der Waals surface area contributed by atoms with E-state index in [2.05, 4.69) is 4.98 Å². The van der Waals surface area contributed by atoms with Crippen molar-refractivity contribution in [1.82, 2.24) is 14.9 Å². The Morgan fingerprint density at radius 1 is 1.50 bits per heavy atom. The Morgan fingerprint density at radius 2 is 2.31 bits per heavy atom. The largest absolute Gasteiger partial charge is 0.349 e. The minimum absolute atomic E-state index is 0.246. The number of rotatable bonds is 3. The predicted molar refractivity (Wildman–Crippen MR) is 57.6 cm³/mol. The van der Waals surface area contributed by atoms with Gasteiger partial charge in [0.05, 0.1) is 6.20 Å². The van der Waals surface area contributed by atoms with Crippen LogP contribution in [0.4, 0.5) is 0 Å². The molecule has 2 rings (SSSR count). The minimum atomic E-state index is -0.448. The Kier molecular flexibility index (Phi) is 2.91. The van der Waals surface area contributed by atoms with Gasteiger partial charge >= 0.3 is 0 Å². The lowest BCUT2D eigenvalue weighted by Crippen LogP contribution is -2.29. The van der Waals surface area contributed by atoms with E-state index in [1.54, 1.807) is 18.5 Å². The maximum atomic E-state index is 10.5. The second-order valence-corrected chi connectivity index (χ2v) is 3.74. The molecule has 0 radical (unpaired) electrons. The topological polar surface area (TPSA) is 62.5 Å². The number of hydrogen-bond acceptors (Lipinski definition) is 4. The van der Waals surface area contributed by atoms with Crippen molar-refractivity contribution in [2.75, 3.05) is 6.67 Å². The minimum Gasteiger partial charge on any atom is -0.349 e. The van der Waals surface area contributed by atoms with Gasteiger partial charge in [0.1, 0.15) is 5.15 Å². The Balaban J connectivity index is 1.95. The second-order valence-electron chi connectivity index (χ2n) is 3.35. The molecule has 0 saturated heterocycles. The molecule has 0 unspecified atom stereocenters. The van der Waals surface area contributed by atoms with Crippen molar-refractivity contribution in [3.63, 3.8) is 0 Å². The maximum absolute atomic E-state index is 10.5. The molecule has 0 bridgehead atoms. The van der Waals surface area contributed by atoms with Crippen molar-refractivity contribution in [3.05, 3.63) is 51.6 Å². The van der Waals surface area contributed by atoms with Crippen molar-refractivity contribution >= 4 is 11.6 Å². The number of hydrogen-bond donors (Lipinski definition) is 0. The van der Waals surface area contributed by atoms with Gasteiger partial charge in [-0.2, -0.15) is 0 Å². The lowest BCUT2D eigenvalue weighted by molar-refractivity contribution is -0.640. The maximum Gasteiger partial charge on any atom is 0.166 e. The molecular weight excluding hydrogens is 232 g/mol. The Labute approximate surface area is 96.9 Å². The van der Waals surface area contributed by atoms with E-state index < -0.39 is 5.03 Å². The molecule has 0 aliphatic carbocycles. The highest BCUT2D eigenvalue weighted by molar-refractivity contribution is 6.29. The summed E-state index contributed by atoms with van der Waals surface area (Å²) in [6, 6.07) is 3.54. The zero-order chi connectivity index (χ0) is 11.5. The Bertz CT molecular complexity index is 420. The lowest BCUT2D eigenvalue weighted by atomic mass is 10.3. The normalized spacial score (nSPS) is 14.6. The number of aromatic nitrogens is 1. The molecule has 1 aliphatic rings. The number of nitro groups is 1. The van der Waals surface area contributed by atoms with Crippen LogP contribution >= 0.6 is 11.6 Å². The summed E-state index contributed by atoms with van der Waals surface area (Å²) in [6.45, 7) is 0.820. The van der Waals surface area contributed by atoms with E-state index in [1.807, 2.05) is 11.0 Å². The van der Waals surface area contributed by atoms with Crippen molar-refractivity contribution < 1.29 is 5.03 Å². The highest BCUT2D eigenvalue weighted by Crippen LogP contribution is 2.12. The molecule has 0 fully saturated rings. The monoisotopic (exact) mass is 240 g/mol. The summed E-state index contributed by atoms with van der Waals surface area (Å²) < 4.78 is 0. The first-order chi connectivity index (χ1) is 7.65. The summed E-state index contributed by atoms with van der Waals surface area (Å²) in [5.41, 5.74) is 0.958. The van der Waals surface area contributed by atoms with Crippen LogP contribution in [0.2, 0.25) is 5.15 Å². The smallest absolute Gasteiger partial charge is 0.166 e. The molecule has 0 spiro atoms. The van der Waals surface area contributed by atoms with Gasteiger partial charge in [-0.3, -0.25) is 0 Å². The van der Waals surface area contributed by atoms with Gasteiger partial charge in [0, 0.05) is 18.9 Å². The second kappa shape index (κ2) is 4.36. The standard InChI is InChI=1S/C9H9ClN4O2/c10-9-2-1-8(5-11-9)6-12-3-4-13(7-12)14(15)16/h1-5H,6-7H2. The average molecular weight is 241 g/mol. The molecule has 1 aromatic heterocycles. The SMILES string of the molecule is O=[N+]([O-])N1C=CN(Cc2ccc(Cl)nc2)C1. The van der Waals surface area contributed by atoms with E-state index in [4.69, 9.17) is 11.6 Å². The van der Waals surface area contributed by atoms with Crippen LogP contribution in [0, 0.1) is 10.1 Å². The molecule has 6 nitrogen and oxygen atoms in total. The number of pyridine rings is 1. The quantitative estimate of drug-likeness (QED) is 0.455. The van der Waals surface area contributed by atoms with Crippen molar-refractivity contribution in [2.24, 2.45) is 0 Å². The number of nitrogens with zero attached hydrogens (tertiary/aromatic N) is 4. The summed E-state index contributed by atoms with van der Waals surface area (Å²) in [5.74, 6) is 0. The van der Waals surface area contributed by atoms with Gasteiger partial charge < -0.3 is 4.90 Å². The highest BCUT2D eigenvalue weighted by atomic mass is 35.5. The fourth-order valence-corrected chi connectivity index (χ4v) is 1.51. The van der Waals surface area contributed by atoms with E-state index in [-0.39, 0.29) is 6.67 Å². The zero-order valence-corrected chi connectivity index (χ0v) is 9.04. The third-order valence-electron chi connectivity index (χ3n) is 2.16. The molecule has 2 heterocycles. The van der Waals surface area contributed by atoms with Gasteiger partial charge in [0.25, 0.3) is 0 Å². The fourth-order valence-electron chi connectivity index (χ4n) is 1.39. The number of halogens is 1. The molecule has 0 aromatic carbocycles. The zero-order valence-electron chi connectivity index (χ0n) is 8.28. The fraction of sp³-hybridized carbons (Fsp3) is 0.222. The van der Waals surface area contributed by atoms with Crippen LogP contribution in [0.1, 0.15) is 5.56 Å². The van der Waals surface area contributed by atoms with Crippen LogP contribution in [0.5, 0.6) is 0 Å². The lowest BCUT2D eigenvalue weighted by Gasteiger charge is -2.15. The molecule has 0 saturated carbocycles. The molecule has 84 valence electrons. The van der Waals surface area contributed by atoms with Gasteiger partial charge in [-0.05, 0) is 11.6 Å². The third-order valence-corrected chi connectivity index (χ3v) is 2.38. The van der Waals surface area contributed by atoms with Gasteiger partial charge in [-0.25, -0.2) is 15.1 Å². The average Bonchev–Trinajstić information content (AvgIpc) is 2.70. The van der Waals surface area contributed by atoms with Crippen molar-refractivity contribution in [1.29, 1.82) is 0 Å². The van der Waals surface area contributed by atoms with Gasteiger partial charge in [-0.15, -0.1) is 0 Å². The molecule has 0 N–H and O–H groups in total. The third kappa shape index (κ3) is 2.40. The first-order valence-corrected chi connectivity index (χ1v) is 4.97. The number of hydrazine groups is 1. The molecule has 7 heteroatoms. The molecule has 0 amide bonds. The summed E-state index contributed by atoms with van der Waals surface area (Å²) in [7, 11) is 0. The summed E-state index contributed by atoms with van der Waals surface area (Å²) in [5, 5.41) is 11.5.